The monoisotopic (exact) mass is 344 g/mol. The van der Waals surface area contributed by atoms with Crippen molar-refractivity contribution in [1.82, 2.24) is 10.0 Å². The molecule has 1 aromatic heterocycles. The zero-order valence-corrected chi connectivity index (χ0v) is 14.3. The number of hydrogen-bond acceptors (Lipinski definition) is 5. The quantitative estimate of drug-likeness (QED) is 0.802. The average molecular weight is 344 g/mol. The molecule has 1 aliphatic rings. The van der Waals surface area contributed by atoms with E-state index in [1.165, 1.54) is 18.4 Å². The molecule has 7 heteroatoms. The number of fused-ring (bicyclic) bond motifs is 1. The Morgan fingerprint density at radius 2 is 1.75 bits per heavy atom. The third-order valence-electron chi connectivity index (χ3n) is 3.84. The number of ether oxygens (including phenoxy) is 1. The molecule has 0 spiro atoms. The molecule has 2 aromatic rings. The van der Waals surface area contributed by atoms with Crippen molar-refractivity contribution in [3.63, 3.8) is 0 Å². The van der Waals surface area contributed by atoms with Gasteiger partial charge in [0.15, 0.2) is 0 Å². The Balaban J connectivity index is 1.99. The molecule has 0 fully saturated rings. The maximum absolute atomic E-state index is 12.6. The molecule has 0 saturated heterocycles. The molecule has 124 valence electrons. The Morgan fingerprint density at radius 1 is 1.17 bits per heavy atom. The number of methoxy groups -OCH3 is 1. The highest BCUT2D eigenvalue weighted by molar-refractivity contribution is 7.12. The maximum atomic E-state index is 12.6. The second kappa shape index (κ2) is 6.09. The normalized spacial score (nSPS) is 13.2. The summed E-state index contributed by atoms with van der Waals surface area (Å²) in [5.41, 5.74) is 1.58. The minimum Gasteiger partial charge on any atom is -0.451 e. The van der Waals surface area contributed by atoms with Gasteiger partial charge in [-0.3, -0.25) is 9.59 Å². The number of amides is 3. The first-order valence-electron chi connectivity index (χ1n) is 7.33. The fourth-order valence-corrected chi connectivity index (χ4v) is 3.73. The Labute approximate surface area is 143 Å². The van der Waals surface area contributed by atoms with Crippen molar-refractivity contribution in [3.8, 4) is 0 Å². The van der Waals surface area contributed by atoms with Crippen LogP contribution in [0.25, 0.3) is 0 Å². The second-order valence-corrected chi connectivity index (χ2v) is 6.80. The van der Waals surface area contributed by atoms with Gasteiger partial charge < -0.3 is 4.74 Å². The van der Waals surface area contributed by atoms with Crippen molar-refractivity contribution in [2.24, 2.45) is 0 Å². The first-order valence-corrected chi connectivity index (χ1v) is 8.14. The van der Waals surface area contributed by atoms with Crippen LogP contribution >= 0.6 is 11.3 Å². The number of nitrogens with zero attached hydrogens (tertiary/aromatic N) is 2. The molecule has 3 rings (SSSR count). The number of thiophene rings is 1. The van der Waals surface area contributed by atoms with E-state index in [1.807, 2.05) is 19.9 Å². The highest BCUT2D eigenvalue weighted by Crippen LogP contribution is 2.28. The topological polar surface area (TPSA) is 66.9 Å². The van der Waals surface area contributed by atoms with Gasteiger partial charge in [-0.1, -0.05) is 12.1 Å². The lowest BCUT2D eigenvalue weighted by molar-refractivity contribution is -0.000852. The van der Waals surface area contributed by atoms with Gasteiger partial charge in [-0.2, -0.15) is 5.01 Å². The van der Waals surface area contributed by atoms with Crippen molar-refractivity contribution in [3.05, 3.63) is 56.8 Å². The summed E-state index contributed by atoms with van der Waals surface area (Å²) in [6.45, 7) is 3.99. The standard InChI is InChI=1S/C17H16N2O4S/c1-10-8-11(2)24-14(10)9-18(17(22)23-3)19-15(20)12-6-4-5-7-13(12)16(19)21/h4-8H,9H2,1-3H3. The van der Waals surface area contributed by atoms with Gasteiger partial charge in [0.2, 0.25) is 0 Å². The summed E-state index contributed by atoms with van der Waals surface area (Å²) in [6.07, 6.45) is -0.755. The predicted octanol–water partition coefficient (Wildman–Crippen LogP) is 3.14. The Hall–Kier alpha value is -2.67. The largest absolute Gasteiger partial charge is 0.451 e. The molecular formula is C17H16N2O4S. The number of rotatable bonds is 3. The van der Waals surface area contributed by atoms with E-state index in [9.17, 15) is 14.4 Å². The highest BCUT2D eigenvalue weighted by atomic mass is 32.1. The van der Waals surface area contributed by atoms with E-state index >= 15 is 0 Å². The van der Waals surface area contributed by atoms with E-state index in [0.717, 1.165) is 25.3 Å². The lowest BCUT2D eigenvalue weighted by atomic mass is 10.1. The van der Waals surface area contributed by atoms with Crippen LogP contribution < -0.4 is 0 Å². The molecule has 0 unspecified atom stereocenters. The SMILES string of the molecule is COC(=O)N(Cc1sc(C)cc1C)N1C(=O)c2ccccc2C1=O. The smallest absolute Gasteiger partial charge is 0.429 e. The number of hydrogen-bond donors (Lipinski definition) is 0. The van der Waals surface area contributed by atoms with Crippen LogP contribution in [0.1, 0.15) is 36.0 Å². The summed E-state index contributed by atoms with van der Waals surface area (Å²) in [5, 5.41) is 1.92. The minimum absolute atomic E-state index is 0.0997. The predicted molar refractivity (Wildman–Crippen MR) is 88.7 cm³/mol. The molecule has 0 bridgehead atoms. The Kier molecular flexibility index (Phi) is 4.11. The fraction of sp³-hybridized carbons (Fsp3) is 0.235. The van der Waals surface area contributed by atoms with Gasteiger partial charge in [0, 0.05) is 9.75 Å². The number of carbonyl (C=O) groups is 3. The van der Waals surface area contributed by atoms with Crippen LogP contribution in [0.4, 0.5) is 4.79 Å². The van der Waals surface area contributed by atoms with Crippen LogP contribution in [-0.4, -0.2) is 35.0 Å². The second-order valence-electron chi connectivity index (χ2n) is 5.46. The first kappa shape index (κ1) is 16.2. The molecule has 6 nitrogen and oxygen atoms in total. The molecule has 3 amide bonds. The summed E-state index contributed by atoms with van der Waals surface area (Å²) in [4.78, 5) is 39.4. The minimum atomic E-state index is -0.755. The average Bonchev–Trinajstić information content (AvgIpc) is 3.02. The fourth-order valence-electron chi connectivity index (χ4n) is 2.70. The van der Waals surface area contributed by atoms with Gasteiger partial charge in [-0.25, -0.2) is 9.80 Å². The maximum Gasteiger partial charge on any atom is 0.429 e. The van der Waals surface area contributed by atoms with Crippen LogP contribution in [0.5, 0.6) is 0 Å². The van der Waals surface area contributed by atoms with E-state index in [-0.39, 0.29) is 17.7 Å². The van der Waals surface area contributed by atoms with Gasteiger partial charge in [0.05, 0.1) is 24.8 Å². The van der Waals surface area contributed by atoms with Crippen LogP contribution in [0.3, 0.4) is 0 Å². The van der Waals surface area contributed by atoms with E-state index in [2.05, 4.69) is 0 Å². The van der Waals surface area contributed by atoms with Gasteiger partial charge in [-0.15, -0.1) is 11.3 Å². The number of hydrazine groups is 1. The summed E-state index contributed by atoms with van der Waals surface area (Å²) in [5.74, 6) is -1.04. The summed E-state index contributed by atoms with van der Waals surface area (Å²) in [6, 6.07) is 8.51. The lowest BCUT2D eigenvalue weighted by Gasteiger charge is -2.28. The molecule has 1 aliphatic heterocycles. The van der Waals surface area contributed by atoms with Gasteiger partial charge in [0.1, 0.15) is 0 Å². The van der Waals surface area contributed by atoms with Crippen LogP contribution in [0, 0.1) is 13.8 Å². The molecule has 0 aliphatic carbocycles. The van der Waals surface area contributed by atoms with Crippen molar-refractivity contribution < 1.29 is 19.1 Å². The van der Waals surface area contributed by atoms with Crippen molar-refractivity contribution in [2.75, 3.05) is 7.11 Å². The molecule has 0 saturated carbocycles. The van der Waals surface area contributed by atoms with E-state index in [0.29, 0.717) is 0 Å². The first-order chi connectivity index (χ1) is 11.4. The van der Waals surface area contributed by atoms with Gasteiger partial charge >= 0.3 is 6.09 Å². The third-order valence-corrected chi connectivity index (χ3v) is 4.97. The van der Waals surface area contributed by atoms with Crippen molar-refractivity contribution in [2.45, 2.75) is 20.4 Å². The summed E-state index contributed by atoms with van der Waals surface area (Å²) in [7, 11) is 1.22. The zero-order chi connectivity index (χ0) is 17.4. The van der Waals surface area contributed by atoms with E-state index < -0.39 is 17.9 Å². The third kappa shape index (κ3) is 2.56. The van der Waals surface area contributed by atoms with Crippen LogP contribution in [0.15, 0.2) is 30.3 Å². The number of carbonyl (C=O) groups excluding carboxylic acids is 3. The molecule has 0 atom stereocenters. The molecular weight excluding hydrogens is 328 g/mol. The number of imide groups is 1. The zero-order valence-electron chi connectivity index (χ0n) is 13.5. The molecule has 2 heterocycles. The van der Waals surface area contributed by atoms with Crippen LogP contribution in [0.2, 0.25) is 0 Å². The summed E-state index contributed by atoms with van der Waals surface area (Å²) < 4.78 is 4.78. The molecule has 0 radical (unpaired) electrons. The van der Waals surface area contributed by atoms with Crippen molar-refractivity contribution in [1.29, 1.82) is 0 Å². The molecule has 0 N–H and O–H groups in total. The van der Waals surface area contributed by atoms with Gasteiger partial charge in [0.25, 0.3) is 11.8 Å². The van der Waals surface area contributed by atoms with Crippen molar-refractivity contribution >= 4 is 29.2 Å². The van der Waals surface area contributed by atoms with E-state index in [1.54, 1.807) is 24.3 Å². The van der Waals surface area contributed by atoms with Gasteiger partial charge in [-0.05, 0) is 37.6 Å². The Morgan fingerprint density at radius 3 is 2.21 bits per heavy atom. The van der Waals surface area contributed by atoms with E-state index in [4.69, 9.17) is 4.74 Å². The number of aryl methyl sites for hydroxylation is 2. The van der Waals surface area contributed by atoms with Crippen LogP contribution in [-0.2, 0) is 11.3 Å². The molecule has 24 heavy (non-hydrogen) atoms. The lowest BCUT2D eigenvalue weighted by Crippen LogP contribution is -2.49. The summed E-state index contributed by atoms with van der Waals surface area (Å²) >= 11 is 1.52. The number of benzene rings is 1. The molecule has 1 aromatic carbocycles. The Bertz CT molecular complexity index is 808. The highest BCUT2D eigenvalue weighted by Gasteiger charge is 2.41.